The number of nitrogens with one attached hydrogen (secondary N) is 1. The first-order valence-corrected chi connectivity index (χ1v) is 6.34. The van der Waals surface area contributed by atoms with E-state index in [2.05, 4.69) is 10.5 Å². The summed E-state index contributed by atoms with van der Waals surface area (Å²) in [6, 6.07) is 3.30. The van der Waals surface area contributed by atoms with Crippen LogP contribution in [0.5, 0.6) is 0 Å². The van der Waals surface area contributed by atoms with Crippen LogP contribution in [-0.4, -0.2) is 29.3 Å². The molecule has 1 aromatic rings. The zero-order valence-corrected chi connectivity index (χ0v) is 11.5. The number of nitro groups is 2. The minimum absolute atomic E-state index is 0.0791. The van der Waals surface area contributed by atoms with Crippen LogP contribution in [0, 0.1) is 20.2 Å². The van der Waals surface area contributed by atoms with Gasteiger partial charge in [-0.2, -0.15) is 5.10 Å². The normalized spacial score (nSPS) is 10.7. The Morgan fingerprint density at radius 1 is 1.33 bits per heavy atom. The van der Waals surface area contributed by atoms with Gasteiger partial charge in [0.1, 0.15) is 5.69 Å². The number of hydrogen-bond acceptors (Lipinski definition) is 7. The van der Waals surface area contributed by atoms with Crippen molar-refractivity contribution in [1.29, 1.82) is 0 Å². The van der Waals surface area contributed by atoms with Crippen molar-refractivity contribution in [1.82, 2.24) is 0 Å². The fourth-order valence-corrected chi connectivity index (χ4v) is 1.41. The van der Waals surface area contributed by atoms with Gasteiger partial charge in [0, 0.05) is 12.7 Å². The first-order valence-electron chi connectivity index (χ1n) is 6.34. The molecule has 0 aromatic heterocycles. The van der Waals surface area contributed by atoms with Gasteiger partial charge in [0.25, 0.3) is 5.69 Å². The molecule has 0 amide bonds. The third-order valence-electron chi connectivity index (χ3n) is 2.50. The fourth-order valence-electron chi connectivity index (χ4n) is 1.41. The Bertz CT molecular complexity index is 532. The predicted octanol–water partition coefficient (Wildman–Crippen LogP) is 2.72. The number of rotatable bonds is 9. The van der Waals surface area contributed by atoms with Crippen LogP contribution in [-0.2, 0) is 4.74 Å². The van der Waals surface area contributed by atoms with Crippen LogP contribution >= 0.6 is 0 Å². The van der Waals surface area contributed by atoms with Gasteiger partial charge in [0.05, 0.1) is 28.7 Å². The van der Waals surface area contributed by atoms with Gasteiger partial charge in [-0.3, -0.25) is 25.7 Å². The summed E-state index contributed by atoms with van der Waals surface area (Å²) in [6.07, 6.45) is 3.42. The zero-order valence-electron chi connectivity index (χ0n) is 11.5. The molecule has 0 bridgehead atoms. The van der Waals surface area contributed by atoms with Gasteiger partial charge in [-0.1, -0.05) is 13.3 Å². The third kappa shape index (κ3) is 5.53. The Hall–Kier alpha value is -2.55. The highest BCUT2D eigenvalue weighted by Crippen LogP contribution is 2.28. The van der Waals surface area contributed by atoms with Gasteiger partial charge >= 0.3 is 5.69 Å². The standard InChI is InChI=1S/C12H16N4O5/c1-2-3-7-21-8-6-13-14-11-5-4-10(15(17)18)9-12(11)16(19)20/h4-6,9,14H,2-3,7-8H2,1H3. The molecule has 0 aliphatic carbocycles. The summed E-state index contributed by atoms with van der Waals surface area (Å²) in [5.41, 5.74) is 1.80. The average molecular weight is 296 g/mol. The van der Waals surface area contributed by atoms with E-state index < -0.39 is 15.5 Å². The van der Waals surface area contributed by atoms with Gasteiger partial charge in [0.2, 0.25) is 0 Å². The molecule has 1 N–H and O–H groups in total. The molecule has 0 radical (unpaired) electrons. The highest BCUT2D eigenvalue weighted by Gasteiger charge is 2.18. The lowest BCUT2D eigenvalue weighted by Crippen LogP contribution is -2.01. The summed E-state index contributed by atoms with van der Waals surface area (Å²) in [5, 5.41) is 25.2. The number of unbranched alkanes of at least 4 members (excludes halogenated alkanes) is 1. The second-order valence-electron chi connectivity index (χ2n) is 4.07. The van der Waals surface area contributed by atoms with Crippen LogP contribution in [0.4, 0.5) is 17.1 Å². The molecule has 0 spiro atoms. The Labute approximate surface area is 120 Å². The van der Waals surface area contributed by atoms with Crippen LogP contribution < -0.4 is 5.43 Å². The highest BCUT2D eigenvalue weighted by molar-refractivity contribution is 5.67. The maximum atomic E-state index is 10.9. The molecule has 0 atom stereocenters. The van der Waals surface area contributed by atoms with E-state index in [9.17, 15) is 20.2 Å². The van der Waals surface area contributed by atoms with Gasteiger partial charge in [-0.05, 0) is 12.5 Å². The molecule has 0 unspecified atom stereocenters. The minimum Gasteiger partial charge on any atom is -0.376 e. The number of hydrogen-bond donors (Lipinski definition) is 1. The molecule has 1 rings (SSSR count). The molecule has 0 heterocycles. The average Bonchev–Trinajstić information content (AvgIpc) is 2.46. The Morgan fingerprint density at radius 2 is 2.10 bits per heavy atom. The van der Waals surface area contributed by atoms with Crippen molar-refractivity contribution in [3.63, 3.8) is 0 Å². The third-order valence-corrected chi connectivity index (χ3v) is 2.50. The van der Waals surface area contributed by atoms with E-state index in [1.807, 2.05) is 6.92 Å². The maximum Gasteiger partial charge on any atom is 0.301 e. The molecule has 0 saturated carbocycles. The maximum absolute atomic E-state index is 10.9. The number of nitrogens with zero attached hydrogens (tertiary/aromatic N) is 3. The topological polar surface area (TPSA) is 120 Å². The van der Waals surface area contributed by atoms with Crippen molar-refractivity contribution in [2.24, 2.45) is 5.10 Å². The van der Waals surface area contributed by atoms with E-state index in [1.165, 1.54) is 18.3 Å². The van der Waals surface area contributed by atoms with Gasteiger partial charge in [-0.25, -0.2) is 0 Å². The van der Waals surface area contributed by atoms with Gasteiger partial charge in [-0.15, -0.1) is 0 Å². The Balaban J connectivity index is 2.64. The van der Waals surface area contributed by atoms with Gasteiger partial charge in [0.15, 0.2) is 0 Å². The number of benzene rings is 1. The van der Waals surface area contributed by atoms with Gasteiger partial charge < -0.3 is 4.74 Å². The van der Waals surface area contributed by atoms with Crippen molar-refractivity contribution in [3.05, 3.63) is 38.4 Å². The summed E-state index contributed by atoms with van der Waals surface area (Å²) in [4.78, 5) is 20.1. The summed E-state index contributed by atoms with van der Waals surface area (Å²) in [7, 11) is 0. The van der Waals surface area contributed by atoms with E-state index in [0.29, 0.717) is 6.61 Å². The van der Waals surface area contributed by atoms with E-state index in [1.54, 1.807) is 0 Å². The quantitative estimate of drug-likeness (QED) is 0.324. The van der Waals surface area contributed by atoms with E-state index in [4.69, 9.17) is 4.74 Å². The molecular formula is C12H16N4O5. The van der Waals surface area contributed by atoms with Crippen LogP contribution in [0.15, 0.2) is 23.3 Å². The predicted molar refractivity (Wildman–Crippen MR) is 77.6 cm³/mol. The smallest absolute Gasteiger partial charge is 0.301 e. The number of anilines is 1. The Kier molecular flexibility index (Phi) is 6.75. The second kappa shape index (κ2) is 8.59. The number of nitro benzene ring substituents is 2. The molecule has 114 valence electrons. The van der Waals surface area contributed by atoms with Crippen LogP contribution in [0.2, 0.25) is 0 Å². The second-order valence-corrected chi connectivity index (χ2v) is 4.07. The SMILES string of the molecule is CCCCOCC=NNc1ccc([N+](=O)[O-])cc1[N+](=O)[O-]. The summed E-state index contributed by atoms with van der Waals surface area (Å²) in [5.74, 6) is 0. The lowest BCUT2D eigenvalue weighted by Gasteiger charge is -2.02. The molecule has 9 nitrogen and oxygen atoms in total. The molecule has 0 saturated heterocycles. The minimum atomic E-state index is -0.706. The molecule has 9 heteroatoms. The molecular weight excluding hydrogens is 280 g/mol. The van der Waals surface area contributed by atoms with E-state index in [0.717, 1.165) is 18.9 Å². The lowest BCUT2D eigenvalue weighted by atomic mass is 10.2. The Morgan fingerprint density at radius 3 is 2.71 bits per heavy atom. The first kappa shape index (κ1) is 16.5. The number of ether oxygens (including phenoxy) is 1. The van der Waals surface area contributed by atoms with Crippen LogP contribution in [0.1, 0.15) is 19.8 Å². The van der Waals surface area contributed by atoms with Crippen molar-refractivity contribution in [3.8, 4) is 0 Å². The van der Waals surface area contributed by atoms with Crippen molar-refractivity contribution in [2.45, 2.75) is 19.8 Å². The van der Waals surface area contributed by atoms with Crippen LogP contribution in [0.25, 0.3) is 0 Å². The zero-order chi connectivity index (χ0) is 15.7. The summed E-state index contributed by atoms with van der Waals surface area (Å²) in [6.45, 7) is 2.96. The molecule has 0 fully saturated rings. The lowest BCUT2D eigenvalue weighted by molar-refractivity contribution is -0.393. The van der Waals surface area contributed by atoms with Crippen molar-refractivity contribution < 1.29 is 14.6 Å². The first-order chi connectivity index (χ1) is 10.1. The number of non-ortho nitro benzene ring substituents is 1. The van der Waals surface area contributed by atoms with Crippen molar-refractivity contribution >= 4 is 23.3 Å². The highest BCUT2D eigenvalue weighted by atomic mass is 16.6. The molecule has 0 aliphatic rings. The van der Waals surface area contributed by atoms with Crippen molar-refractivity contribution in [2.75, 3.05) is 18.6 Å². The largest absolute Gasteiger partial charge is 0.376 e. The van der Waals surface area contributed by atoms with E-state index >= 15 is 0 Å². The fraction of sp³-hybridized carbons (Fsp3) is 0.417. The van der Waals surface area contributed by atoms with Crippen LogP contribution in [0.3, 0.4) is 0 Å². The summed E-state index contributed by atoms with van der Waals surface area (Å²) < 4.78 is 5.23. The molecule has 1 aromatic carbocycles. The summed E-state index contributed by atoms with van der Waals surface area (Å²) >= 11 is 0. The van der Waals surface area contributed by atoms with E-state index in [-0.39, 0.29) is 18.0 Å². The molecule has 0 aliphatic heterocycles. The molecule has 21 heavy (non-hydrogen) atoms. The number of hydrazone groups is 1. The monoisotopic (exact) mass is 296 g/mol.